The molecule has 0 radical (unpaired) electrons. The average Bonchev–Trinajstić information content (AvgIpc) is 2.72. The number of rotatable bonds is 3. The van der Waals surface area contributed by atoms with Gasteiger partial charge >= 0.3 is 12.0 Å². The maximum atomic E-state index is 13.3. The molecule has 5 nitrogen and oxygen atoms in total. The van der Waals surface area contributed by atoms with Gasteiger partial charge in [-0.2, -0.15) is 0 Å². The normalized spacial score (nSPS) is 24.6. The molecule has 1 aliphatic rings. The molecule has 1 aliphatic carbocycles. The number of hydrogen-bond acceptors (Lipinski definition) is 2. The smallest absolute Gasteiger partial charge is 0.338 e. The summed E-state index contributed by atoms with van der Waals surface area (Å²) in [6, 6.07) is 3.18. The standard InChI is InChI=1S/C15H19FN2O3/c1-8-3-6-13(9(8)2)18-15(21)17-10-4-5-12(16)11(7-10)14(19)20/h4-5,7-9,13H,3,6H2,1-2H3,(H,19,20)(H2,17,18,21). The van der Waals surface area contributed by atoms with Crippen LogP contribution in [0.5, 0.6) is 0 Å². The monoisotopic (exact) mass is 294 g/mol. The maximum absolute atomic E-state index is 13.3. The van der Waals surface area contributed by atoms with E-state index in [0.29, 0.717) is 11.8 Å². The minimum Gasteiger partial charge on any atom is -0.478 e. The van der Waals surface area contributed by atoms with Gasteiger partial charge in [-0.25, -0.2) is 14.0 Å². The molecule has 6 heteroatoms. The lowest BCUT2D eigenvalue weighted by molar-refractivity contribution is 0.0692. The topological polar surface area (TPSA) is 78.4 Å². The van der Waals surface area contributed by atoms with Crippen molar-refractivity contribution in [2.75, 3.05) is 5.32 Å². The predicted octanol–water partition coefficient (Wildman–Crippen LogP) is 3.08. The molecule has 3 atom stereocenters. The van der Waals surface area contributed by atoms with Crippen LogP contribution in [0.4, 0.5) is 14.9 Å². The average molecular weight is 294 g/mol. The Morgan fingerprint density at radius 1 is 1.29 bits per heavy atom. The summed E-state index contributed by atoms with van der Waals surface area (Å²) >= 11 is 0. The summed E-state index contributed by atoms with van der Waals surface area (Å²) in [6.07, 6.45) is 2.01. The minimum absolute atomic E-state index is 0.111. The summed E-state index contributed by atoms with van der Waals surface area (Å²) in [5.74, 6) is -1.22. The Morgan fingerprint density at radius 3 is 2.57 bits per heavy atom. The van der Waals surface area contributed by atoms with E-state index in [9.17, 15) is 14.0 Å². The van der Waals surface area contributed by atoms with E-state index in [1.54, 1.807) is 0 Å². The van der Waals surface area contributed by atoms with Gasteiger partial charge < -0.3 is 15.7 Å². The Hall–Kier alpha value is -2.11. The van der Waals surface area contributed by atoms with Crippen molar-refractivity contribution in [3.05, 3.63) is 29.6 Å². The molecule has 1 saturated carbocycles. The van der Waals surface area contributed by atoms with E-state index in [1.807, 2.05) is 0 Å². The number of amides is 2. The van der Waals surface area contributed by atoms with Crippen LogP contribution in [0.1, 0.15) is 37.0 Å². The summed E-state index contributed by atoms with van der Waals surface area (Å²) in [5.41, 5.74) is -0.208. The number of aromatic carboxylic acids is 1. The lowest BCUT2D eigenvalue weighted by Gasteiger charge is -2.20. The van der Waals surface area contributed by atoms with Crippen molar-refractivity contribution in [3.8, 4) is 0 Å². The highest BCUT2D eigenvalue weighted by molar-refractivity contribution is 5.93. The Kier molecular flexibility index (Phi) is 4.45. The van der Waals surface area contributed by atoms with E-state index in [1.165, 1.54) is 6.07 Å². The first kappa shape index (κ1) is 15.3. The van der Waals surface area contributed by atoms with Gasteiger partial charge in [0.25, 0.3) is 0 Å². The summed E-state index contributed by atoms with van der Waals surface area (Å²) in [5, 5.41) is 14.3. The van der Waals surface area contributed by atoms with Crippen LogP contribution in [0.15, 0.2) is 18.2 Å². The molecule has 0 heterocycles. The van der Waals surface area contributed by atoms with Gasteiger partial charge in [-0.15, -0.1) is 0 Å². The molecule has 1 aromatic carbocycles. The zero-order valence-electron chi connectivity index (χ0n) is 12.0. The van der Waals surface area contributed by atoms with Crippen LogP contribution in [0.3, 0.4) is 0 Å². The van der Waals surface area contributed by atoms with E-state index >= 15 is 0 Å². The van der Waals surface area contributed by atoms with Crippen molar-refractivity contribution >= 4 is 17.7 Å². The van der Waals surface area contributed by atoms with Crippen molar-refractivity contribution < 1.29 is 19.1 Å². The molecule has 0 aliphatic heterocycles. The predicted molar refractivity (Wildman–Crippen MR) is 76.9 cm³/mol. The summed E-state index contributed by atoms with van der Waals surface area (Å²) in [4.78, 5) is 22.8. The lowest BCUT2D eigenvalue weighted by Crippen LogP contribution is -2.40. The molecule has 0 aromatic heterocycles. The minimum atomic E-state index is -1.37. The highest BCUT2D eigenvalue weighted by Crippen LogP contribution is 2.31. The molecular formula is C15H19FN2O3. The number of hydrogen-bond donors (Lipinski definition) is 3. The maximum Gasteiger partial charge on any atom is 0.338 e. The highest BCUT2D eigenvalue weighted by Gasteiger charge is 2.30. The largest absolute Gasteiger partial charge is 0.478 e. The third-order valence-corrected chi connectivity index (χ3v) is 4.24. The molecule has 2 rings (SSSR count). The highest BCUT2D eigenvalue weighted by atomic mass is 19.1. The van der Waals surface area contributed by atoms with Crippen LogP contribution in [-0.4, -0.2) is 23.1 Å². The fourth-order valence-corrected chi connectivity index (χ4v) is 2.67. The Balaban J connectivity index is 2.00. The van der Waals surface area contributed by atoms with E-state index in [0.717, 1.165) is 25.0 Å². The number of carboxylic acids is 1. The second-order valence-electron chi connectivity index (χ2n) is 5.62. The van der Waals surface area contributed by atoms with Gasteiger partial charge in [-0.05, 0) is 42.9 Å². The van der Waals surface area contributed by atoms with Crippen molar-refractivity contribution in [2.24, 2.45) is 11.8 Å². The van der Waals surface area contributed by atoms with Crippen molar-refractivity contribution in [2.45, 2.75) is 32.7 Å². The van der Waals surface area contributed by atoms with Crippen molar-refractivity contribution in [1.82, 2.24) is 5.32 Å². The van der Waals surface area contributed by atoms with Gasteiger partial charge in [0, 0.05) is 11.7 Å². The summed E-state index contributed by atoms with van der Waals surface area (Å²) in [7, 11) is 0. The second kappa shape index (κ2) is 6.11. The van der Waals surface area contributed by atoms with Gasteiger partial charge in [0.15, 0.2) is 0 Å². The Morgan fingerprint density at radius 2 is 2.00 bits per heavy atom. The first-order valence-electron chi connectivity index (χ1n) is 6.99. The van der Waals surface area contributed by atoms with Crippen LogP contribution in [0.25, 0.3) is 0 Å². The van der Waals surface area contributed by atoms with Crippen molar-refractivity contribution in [1.29, 1.82) is 0 Å². The van der Waals surface area contributed by atoms with Crippen molar-refractivity contribution in [3.63, 3.8) is 0 Å². The first-order chi connectivity index (χ1) is 9.88. The van der Waals surface area contributed by atoms with Gasteiger partial charge in [-0.3, -0.25) is 0 Å². The van der Waals surface area contributed by atoms with Crippen LogP contribution >= 0.6 is 0 Å². The van der Waals surface area contributed by atoms with Gasteiger partial charge in [0.05, 0.1) is 5.56 Å². The summed E-state index contributed by atoms with van der Waals surface area (Å²) in [6.45, 7) is 4.26. The number of nitrogens with one attached hydrogen (secondary N) is 2. The molecule has 3 N–H and O–H groups in total. The Bertz CT molecular complexity index is 562. The van der Waals surface area contributed by atoms with Gasteiger partial charge in [0.1, 0.15) is 5.82 Å². The fourth-order valence-electron chi connectivity index (χ4n) is 2.67. The number of carbonyl (C=O) groups is 2. The summed E-state index contributed by atoms with van der Waals surface area (Å²) < 4.78 is 13.3. The third-order valence-electron chi connectivity index (χ3n) is 4.24. The molecule has 0 spiro atoms. The van der Waals surface area contributed by atoms with Crippen LogP contribution in [0, 0.1) is 17.7 Å². The second-order valence-corrected chi connectivity index (χ2v) is 5.62. The SMILES string of the molecule is CC1CCC(NC(=O)Nc2ccc(F)c(C(=O)O)c2)C1C. The molecular weight excluding hydrogens is 275 g/mol. The number of halogens is 1. The first-order valence-corrected chi connectivity index (χ1v) is 6.99. The van der Waals surface area contributed by atoms with Gasteiger partial charge in [-0.1, -0.05) is 13.8 Å². The van der Waals surface area contributed by atoms with Crippen LogP contribution in [0.2, 0.25) is 0 Å². The molecule has 0 bridgehead atoms. The van der Waals surface area contributed by atoms with E-state index in [2.05, 4.69) is 24.5 Å². The van der Waals surface area contributed by atoms with E-state index in [4.69, 9.17) is 5.11 Å². The number of urea groups is 1. The van der Waals surface area contributed by atoms with E-state index in [-0.39, 0.29) is 11.7 Å². The number of anilines is 1. The van der Waals surface area contributed by atoms with Crippen LogP contribution in [-0.2, 0) is 0 Å². The number of carboxylic acid groups (broad SMARTS) is 1. The van der Waals surface area contributed by atoms with E-state index < -0.39 is 23.4 Å². The van der Waals surface area contributed by atoms with Crippen LogP contribution < -0.4 is 10.6 Å². The molecule has 2 amide bonds. The van der Waals surface area contributed by atoms with Gasteiger partial charge in [0.2, 0.25) is 0 Å². The fraction of sp³-hybridized carbons (Fsp3) is 0.467. The Labute approximate surface area is 122 Å². The molecule has 0 saturated heterocycles. The number of carbonyl (C=O) groups excluding carboxylic acids is 1. The molecule has 1 fully saturated rings. The molecule has 3 unspecified atom stereocenters. The molecule has 21 heavy (non-hydrogen) atoms. The zero-order chi connectivity index (χ0) is 15.6. The molecule has 1 aromatic rings. The molecule has 114 valence electrons. The zero-order valence-corrected chi connectivity index (χ0v) is 12.0. The third kappa shape index (κ3) is 3.51. The lowest BCUT2D eigenvalue weighted by atomic mass is 9.98. The quantitative estimate of drug-likeness (QED) is 0.801. The number of benzene rings is 1.